The molecule has 0 heterocycles. The van der Waals surface area contributed by atoms with Gasteiger partial charge in [-0.3, -0.25) is 0 Å². The van der Waals surface area contributed by atoms with Crippen LogP contribution in [0.1, 0.15) is 25.0 Å². The number of carbonyl (C=O) groups is 1. The van der Waals surface area contributed by atoms with Gasteiger partial charge in [-0.1, -0.05) is 54.1 Å². The molecule has 4 heteroatoms. The van der Waals surface area contributed by atoms with Gasteiger partial charge >= 0.3 is 6.09 Å². The van der Waals surface area contributed by atoms with E-state index in [1.165, 1.54) is 0 Å². The molecule has 2 aromatic carbocycles. The van der Waals surface area contributed by atoms with Crippen LogP contribution in [0.2, 0.25) is 5.02 Å². The number of amides is 1. The molecular formula is C17H18ClNO2. The highest BCUT2D eigenvalue weighted by atomic mass is 35.5. The molecule has 0 fully saturated rings. The topological polar surface area (TPSA) is 38.3 Å². The van der Waals surface area contributed by atoms with Crippen molar-refractivity contribution in [2.24, 2.45) is 0 Å². The molecule has 2 aromatic rings. The standard InChI is InChI=1S/C17H18ClNO2/c1-17(2,14-8-10-15(18)11-9-14)19-16(20)21-12-13-6-4-3-5-7-13/h3-11H,12H2,1-2H3,(H,19,20). The molecule has 1 N–H and O–H groups in total. The Morgan fingerprint density at radius 2 is 1.71 bits per heavy atom. The molecule has 0 radical (unpaired) electrons. The lowest BCUT2D eigenvalue weighted by molar-refractivity contribution is 0.129. The van der Waals surface area contributed by atoms with E-state index in [1.807, 2.05) is 56.3 Å². The molecule has 110 valence electrons. The van der Waals surface area contributed by atoms with Crippen molar-refractivity contribution in [3.05, 3.63) is 70.7 Å². The number of ether oxygens (including phenoxy) is 1. The fourth-order valence-electron chi connectivity index (χ4n) is 1.95. The molecule has 0 saturated carbocycles. The van der Waals surface area contributed by atoms with Gasteiger partial charge in [-0.15, -0.1) is 0 Å². The second-order valence-corrected chi connectivity index (χ2v) is 5.76. The van der Waals surface area contributed by atoms with Gasteiger partial charge in [-0.05, 0) is 37.1 Å². The van der Waals surface area contributed by atoms with Crippen molar-refractivity contribution in [2.45, 2.75) is 26.0 Å². The maximum Gasteiger partial charge on any atom is 0.408 e. The Kier molecular flexibility index (Phi) is 4.86. The molecule has 2 rings (SSSR count). The lowest BCUT2D eigenvalue weighted by Gasteiger charge is -2.26. The predicted octanol–water partition coefficient (Wildman–Crippen LogP) is 4.50. The van der Waals surface area contributed by atoms with Gasteiger partial charge in [0.15, 0.2) is 0 Å². The van der Waals surface area contributed by atoms with Crippen LogP contribution in [0.3, 0.4) is 0 Å². The lowest BCUT2D eigenvalue weighted by Crippen LogP contribution is -2.41. The molecule has 0 aliphatic heterocycles. The zero-order valence-corrected chi connectivity index (χ0v) is 12.9. The molecule has 0 saturated heterocycles. The van der Waals surface area contributed by atoms with Gasteiger partial charge in [0.1, 0.15) is 6.61 Å². The minimum atomic E-state index is -0.529. The van der Waals surface area contributed by atoms with Crippen molar-refractivity contribution in [2.75, 3.05) is 0 Å². The van der Waals surface area contributed by atoms with Crippen molar-refractivity contribution in [3.63, 3.8) is 0 Å². The van der Waals surface area contributed by atoms with Crippen molar-refractivity contribution in [1.82, 2.24) is 5.32 Å². The lowest BCUT2D eigenvalue weighted by atomic mass is 9.95. The number of carbonyl (C=O) groups excluding carboxylic acids is 1. The molecule has 1 amide bonds. The zero-order chi connectivity index (χ0) is 15.3. The minimum absolute atomic E-state index is 0.253. The minimum Gasteiger partial charge on any atom is -0.445 e. The summed E-state index contributed by atoms with van der Waals surface area (Å²) in [5, 5.41) is 3.53. The fraction of sp³-hybridized carbons (Fsp3) is 0.235. The van der Waals surface area contributed by atoms with Gasteiger partial charge in [-0.2, -0.15) is 0 Å². The Hall–Kier alpha value is -2.00. The van der Waals surface area contributed by atoms with Gasteiger partial charge in [-0.25, -0.2) is 4.79 Å². The first-order chi connectivity index (χ1) is 9.97. The second-order valence-electron chi connectivity index (χ2n) is 5.32. The van der Waals surface area contributed by atoms with E-state index in [-0.39, 0.29) is 6.61 Å². The molecule has 0 atom stereocenters. The monoisotopic (exact) mass is 303 g/mol. The normalized spacial score (nSPS) is 11.0. The first-order valence-corrected chi connectivity index (χ1v) is 7.10. The average Bonchev–Trinajstić information content (AvgIpc) is 2.46. The summed E-state index contributed by atoms with van der Waals surface area (Å²) in [5.41, 5.74) is 1.39. The summed E-state index contributed by atoms with van der Waals surface area (Å²) in [5.74, 6) is 0. The molecule has 0 spiro atoms. The largest absolute Gasteiger partial charge is 0.445 e. The highest BCUT2D eigenvalue weighted by molar-refractivity contribution is 6.30. The third-order valence-electron chi connectivity index (χ3n) is 3.19. The van der Waals surface area contributed by atoms with Gasteiger partial charge in [0.25, 0.3) is 0 Å². The Balaban J connectivity index is 1.93. The van der Waals surface area contributed by atoms with E-state index in [2.05, 4.69) is 5.32 Å². The number of nitrogens with one attached hydrogen (secondary N) is 1. The van der Waals surface area contributed by atoms with E-state index in [9.17, 15) is 4.79 Å². The summed E-state index contributed by atoms with van der Waals surface area (Å²) in [6.07, 6.45) is -0.446. The number of rotatable bonds is 4. The molecular weight excluding hydrogens is 286 g/mol. The molecule has 0 aliphatic carbocycles. The second kappa shape index (κ2) is 6.64. The summed E-state index contributed by atoms with van der Waals surface area (Å²) in [4.78, 5) is 11.9. The smallest absolute Gasteiger partial charge is 0.408 e. The predicted molar refractivity (Wildman–Crippen MR) is 84.2 cm³/mol. The van der Waals surface area contributed by atoms with Crippen LogP contribution in [-0.4, -0.2) is 6.09 Å². The van der Waals surface area contributed by atoms with Crippen LogP contribution in [0, 0.1) is 0 Å². The van der Waals surface area contributed by atoms with Crippen LogP contribution >= 0.6 is 11.6 Å². The third-order valence-corrected chi connectivity index (χ3v) is 3.45. The number of benzene rings is 2. The summed E-state index contributed by atoms with van der Waals surface area (Å²) < 4.78 is 5.23. The van der Waals surface area contributed by atoms with Crippen molar-refractivity contribution < 1.29 is 9.53 Å². The Morgan fingerprint density at radius 1 is 1.10 bits per heavy atom. The quantitative estimate of drug-likeness (QED) is 0.903. The highest BCUT2D eigenvalue weighted by Crippen LogP contribution is 2.22. The third kappa shape index (κ3) is 4.50. The molecule has 21 heavy (non-hydrogen) atoms. The first-order valence-electron chi connectivity index (χ1n) is 6.72. The maximum atomic E-state index is 11.9. The van der Waals surface area contributed by atoms with E-state index in [0.717, 1.165) is 11.1 Å². The fourth-order valence-corrected chi connectivity index (χ4v) is 2.08. The van der Waals surface area contributed by atoms with Crippen molar-refractivity contribution in [3.8, 4) is 0 Å². The number of hydrogen-bond donors (Lipinski definition) is 1. The van der Waals surface area contributed by atoms with Crippen LogP contribution in [0.5, 0.6) is 0 Å². The van der Waals surface area contributed by atoms with E-state index < -0.39 is 11.6 Å². The average molecular weight is 304 g/mol. The van der Waals surface area contributed by atoms with E-state index in [0.29, 0.717) is 5.02 Å². The van der Waals surface area contributed by atoms with Crippen LogP contribution in [-0.2, 0) is 16.9 Å². The van der Waals surface area contributed by atoms with Gasteiger partial charge in [0.05, 0.1) is 5.54 Å². The molecule has 0 unspecified atom stereocenters. The Morgan fingerprint density at radius 3 is 2.33 bits per heavy atom. The number of alkyl carbamates (subject to hydrolysis) is 1. The highest BCUT2D eigenvalue weighted by Gasteiger charge is 2.23. The SMILES string of the molecule is CC(C)(NC(=O)OCc1ccccc1)c1ccc(Cl)cc1. The molecule has 0 aliphatic rings. The van der Waals surface area contributed by atoms with Crippen molar-refractivity contribution >= 4 is 17.7 Å². The van der Waals surface area contributed by atoms with Crippen LogP contribution in [0.15, 0.2) is 54.6 Å². The summed E-state index contributed by atoms with van der Waals surface area (Å²) in [6.45, 7) is 4.09. The molecule has 0 bridgehead atoms. The van der Waals surface area contributed by atoms with Crippen LogP contribution in [0.4, 0.5) is 4.79 Å². The Labute approximate surface area is 129 Å². The Bertz CT molecular complexity index is 594. The van der Waals surface area contributed by atoms with E-state index >= 15 is 0 Å². The van der Waals surface area contributed by atoms with E-state index in [4.69, 9.17) is 16.3 Å². The van der Waals surface area contributed by atoms with Gasteiger partial charge in [0.2, 0.25) is 0 Å². The molecule has 3 nitrogen and oxygen atoms in total. The number of hydrogen-bond acceptors (Lipinski definition) is 2. The van der Waals surface area contributed by atoms with Crippen LogP contribution < -0.4 is 5.32 Å². The summed E-state index contributed by atoms with van der Waals surface area (Å²) in [6, 6.07) is 17.0. The van der Waals surface area contributed by atoms with Crippen LogP contribution in [0.25, 0.3) is 0 Å². The number of halogens is 1. The summed E-state index contributed by atoms with van der Waals surface area (Å²) >= 11 is 5.87. The van der Waals surface area contributed by atoms with Gasteiger partial charge < -0.3 is 10.1 Å². The zero-order valence-electron chi connectivity index (χ0n) is 12.1. The first kappa shape index (κ1) is 15.4. The van der Waals surface area contributed by atoms with Gasteiger partial charge in [0, 0.05) is 5.02 Å². The van der Waals surface area contributed by atoms with Crippen molar-refractivity contribution in [1.29, 1.82) is 0 Å². The summed E-state index contributed by atoms with van der Waals surface area (Å²) in [7, 11) is 0. The maximum absolute atomic E-state index is 11.9. The van der Waals surface area contributed by atoms with E-state index in [1.54, 1.807) is 12.1 Å². The molecule has 0 aromatic heterocycles.